The molecular formula is C13H12BrN3O. The van der Waals surface area contributed by atoms with Crippen molar-refractivity contribution in [2.45, 2.75) is 13.8 Å². The van der Waals surface area contributed by atoms with E-state index in [1.165, 1.54) is 0 Å². The number of pyridine rings is 2. The van der Waals surface area contributed by atoms with Crippen molar-refractivity contribution in [3.05, 3.63) is 52.0 Å². The molecule has 4 nitrogen and oxygen atoms in total. The molecule has 0 aliphatic rings. The fourth-order valence-corrected chi connectivity index (χ4v) is 1.88. The normalized spacial score (nSPS) is 10.2. The highest BCUT2D eigenvalue weighted by Crippen LogP contribution is 2.14. The van der Waals surface area contributed by atoms with E-state index in [1.54, 1.807) is 18.2 Å². The van der Waals surface area contributed by atoms with E-state index in [2.05, 4.69) is 31.2 Å². The van der Waals surface area contributed by atoms with Crippen LogP contribution in [0.1, 0.15) is 21.9 Å². The number of aromatic nitrogens is 2. The van der Waals surface area contributed by atoms with Crippen LogP contribution in [0.2, 0.25) is 0 Å². The number of carbonyl (C=O) groups is 1. The second-order valence-corrected chi connectivity index (χ2v) is 4.70. The molecule has 0 atom stereocenters. The highest BCUT2D eigenvalue weighted by Gasteiger charge is 2.09. The fraction of sp³-hybridized carbons (Fsp3) is 0.154. The molecule has 92 valence electrons. The standard InChI is InChI=1S/C13H12BrN3O/c1-8-6-7-10(9(2)15-8)17-13(18)11-4-3-5-12(14)16-11/h3-7H,1-2H3,(H,17,18). The zero-order chi connectivity index (χ0) is 13.1. The Morgan fingerprint density at radius 2 is 1.94 bits per heavy atom. The van der Waals surface area contributed by atoms with Gasteiger partial charge in [-0.1, -0.05) is 6.07 Å². The summed E-state index contributed by atoms with van der Waals surface area (Å²) in [6.45, 7) is 3.77. The van der Waals surface area contributed by atoms with Crippen LogP contribution < -0.4 is 5.32 Å². The number of hydrogen-bond acceptors (Lipinski definition) is 3. The monoisotopic (exact) mass is 305 g/mol. The minimum absolute atomic E-state index is 0.245. The highest BCUT2D eigenvalue weighted by atomic mass is 79.9. The zero-order valence-corrected chi connectivity index (χ0v) is 11.7. The second kappa shape index (κ2) is 5.27. The van der Waals surface area contributed by atoms with Gasteiger partial charge < -0.3 is 5.32 Å². The Kier molecular flexibility index (Phi) is 3.72. The topological polar surface area (TPSA) is 54.9 Å². The number of rotatable bonds is 2. The Labute approximate surface area is 114 Å². The molecule has 0 unspecified atom stereocenters. The van der Waals surface area contributed by atoms with E-state index >= 15 is 0 Å². The second-order valence-electron chi connectivity index (χ2n) is 3.89. The molecule has 5 heteroatoms. The van der Waals surface area contributed by atoms with Gasteiger partial charge >= 0.3 is 0 Å². The minimum atomic E-state index is -0.245. The van der Waals surface area contributed by atoms with E-state index in [0.29, 0.717) is 16.0 Å². The van der Waals surface area contributed by atoms with Crippen LogP contribution in [0.15, 0.2) is 34.9 Å². The third-order valence-electron chi connectivity index (χ3n) is 2.42. The summed E-state index contributed by atoms with van der Waals surface area (Å²) >= 11 is 3.24. The van der Waals surface area contributed by atoms with Gasteiger partial charge in [-0.05, 0) is 54.0 Å². The van der Waals surface area contributed by atoms with Crippen molar-refractivity contribution >= 4 is 27.5 Å². The van der Waals surface area contributed by atoms with Crippen LogP contribution in [0.5, 0.6) is 0 Å². The summed E-state index contributed by atoms with van der Waals surface area (Å²) in [5.74, 6) is -0.245. The molecule has 0 saturated carbocycles. The first-order valence-corrected chi connectivity index (χ1v) is 6.24. The van der Waals surface area contributed by atoms with Crippen LogP contribution in [-0.2, 0) is 0 Å². The van der Waals surface area contributed by atoms with Crippen LogP contribution in [0, 0.1) is 13.8 Å². The van der Waals surface area contributed by atoms with Crippen molar-refractivity contribution < 1.29 is 4.79 Å². The van der Waals surface area contributed by atoms with E-state index in [4.69, 9.17) is 0 Å². The highest BCUT2D eigenvalue weighted by molar-refractivity contribution is 9.10. The van der Waals surface area contributed by atoms with Gasteiger partial charge in [0.1, 0.15) is 10.3 Å². The van der Waals surface area contributed by atoms with E-state index in [0.717, 1.165) is 11.4 Å². The molecule has 0 aromatic carbocycles. The average Bonchev–Trinajstić information content (AvgIpc) is 2.32. The molecule has 0 radical (unpaired) electrons. The molecule has 2 heterocycles. The van der Waals surface area contributed by atoms with Crippen LogP contribution >= 0.6 is 15.9 Å². The lowest BCUT2D eigenvalue weighted by Gasteiger charge is -2.08. The quantitative estimate of drug-likeness (QED) is 0.867. The average molecular weight is 306 g/mol. The summed E-state index contributed by atoms with van der Waals surface area (Å²) in [6.07, 6.45) is 0. The first-order valence-electron chi connectivity index (χ1n) is 5.44. The maximum Gasteiger partial charge on any atom is 0.274 e. The third kappa shape index (κ3) is 2.92. The molecule has 0 saturated heterocycles. The molecular weight excluding hydrogens is 294 g/mol. The Bertz CT molecular complexity index is 599. The van der Waals surface area contributed by atoms with E-state index in [1.807, 2.05) is 26.0 Å². The van der Waals surface area contributed by atoms with Gasteiger partial charge in [0.05, 0.1) is 11.4 Å². The van der Waals surface area contributed by atoms with Crippen molar-refractivity contribution in [2.75, 3.05) is 5.32 Å². The fourth-order valence-electron chi connectivity index (χ4n) is 1.54. The number of aryl methyl sites for hydroxylation is 2. The van der Waals surface area contributed by atoms with E-state index in [9.17, 15) is 4.79 Å². The number of nitrogens with one attached hydrogen (secondary N) is 1. The van der Waals surface area contributed by atoms with Gasteiger partial charge in [0.25, 0.3) is 5.91 Å². The lowest BCUT2D eigenvalue weighted by molar-refractivity contribution is 0.102. The Hall–Kier alpha value is -1.75. The number of carbonyl (C=O) groups excluding carboxylic acids is 1. The maximum absolute atomic E-state index is 12.0. The summed E-state index contributed by atoms with van der Waals surface area (Å²) in [7, 11) is 0. The Morgan fingerprint density at radius 1 is 1.17 bits per heavy atom. The largest absolute Gasteiger partial charge is 0.319 e. The van der Waals surface area contributed by atoms with Gasteiger partial charge in [-0.3, -0.25) is 9.78 Å². The first kappa shape index (κ1) is 12.7. The van der Waals surface area contributed by atoms with Crippen molar-refractivity contribution in [2.24, 2.45) is 0 Å². The van der Waals surface area contributed by atoms with Crippen LogP contribution in [0.3, 0.4) is 0 Å². The number of halogens is 1. The van der Waals surface area contributed by atoms with Gasteiger partial charge in [0.2, 0.25) is 0 Å². The van der Waals surface area contributed by atoms with E-state index < -0.39 is 0 Å². The molecule has 18 heavy (non-hydrogen) atoms. The molecule has 1 N–H and O–H groups in total. The SMILES string of the molecule is Cc1ccc(NC(=O)c2cccc(Br)n2)c(C)n1. The van der Waals surface area contributed by atoms with Crippen molar-refractivity contribution in [3.8, 4) is 0 Å². The summed E-state index contributed by atoms with van der Waals surface area (Å²) in [4.78, 5) is 20.4. The number of hydrogen-bond donors (Lipinski definition) is 1. The molecule has 0 bridgehead atoms. The van der Waals surface area contributed by atoms with E-state index in [-0.39, 0.29) is 5.91 Å². The Balaban J connectivity index is 2.21. The lowest BCUT2D eigenvalue weighted by Crippen LogP contribution is -2.14. The van der Waals surface area contributed by atoms with Crippen molar-refractivity contribution in [1.29, 1.82) is 0 Å². The predicted octanol–water partition coefficient (Wildman–Crippen LogP) is 3.11. The third-order valence-corrected chi connectivity index (χ3v) is 2.86. The van der Waals surface area contributed by atoms with Crippen LogP contribution in [0.25, 0.3) is 0 Å². The molecule has 2 aromatic heterocycles. The molecule has 0 aliphatic carbocycles. The number of anilines is 1. The van der Waals surface area contributed by atoms with Crippen LogP contribution in [0.4, 0.5) is 5.69 Å². The summed E-state index contributed by atoms with van der Waals surface area (Å²) < 4.78 is 0.633. The molecule has 0 aliphatic heterocycles. The molecule has 0 fully saturated rings. The van der Waals surface area contributed by atoms with Gasteiger partial charge in [-0.15, -0.1) is 0 Å². The molecule has 0 spiro atoms. The van der Waals surface area contributed by atoms with Gasteiger partial charge in [0.15, 0.2) is 0 Å². The summed E-state index contributed by atoms with van der Waals surface area (Å²) in [5.41, 5.74) is 2.78. The maximum atomic E-state index is 12.0. The van der Waals surface area contributed by atoms with Gasteiger partial charge in [-0.25, -0.2) is 4.98 Å². The van der Waals surface area contributed by atoms with Gasteiger partial charge in [0, 0.05) is 5.69 Å². The molecule has 2 rings (SSSR count). The molecule has 1 amide bonds. The molecule has 2 aromatic rings. The zero-order valence-electron chi connectivity index (χ0n) is 10.1. The predicted molar refractivity (Wildman–Crippen MR) is 73.6 cm³/mol. The smallest absolute Gasteiger partial charge is 0.274 e. The number of nitrogens with zero attached hydrogens (tertiary/aromatic N) is 2. The number of amides is 1. The van der Waals surface area contributed by atoms with Gasteiger partial charge in [-0.2, -0.15) is 0 Å². The minimum Gasteiger partial charge on any atom is -0.319 e. The summed E-state index contributed by atoms with van der Waals surface area (Å²) in [6, 6.07) is 8.91. The van der Waals surface area contributed by atoms with Crippen LogP contribution in [-0.4, -0.2) is 15.9 Å². The first-order chi connectivity index (χ1) is 8.56. The Morgan fingerprint density at radius 3 is 2.61 bits per heavy atom. The van der Waals surface area contributed by atoms with Crippen molar-refractivity contribution in [1.82, 2.24) is 9.97 Å². The van der Waals surface area contributed by atoms with Crippen molar-refractivity contribution in [3.63, 3.8) is 0 Å². The lowest BCUT2D eigenvalue weighted by atomic mass is 10.2. The summed E-state index contributed by atoms with van der Waals surface area (Å²) in [5, 5.41) is 2.80.